The number of carbonyl (C=O) groups is 1. The number of aryl methyl sites for hydroxylation is 1. The van der Waals surface area contributed by atoms with Crippen molar-refractivity contribution in [2.75, 3.05) is 11.9 Å². The van der Waals surface area contributed by atoms with Crippen molar-refractivity contribution in [3.05, 3.63) is 87.4 Å². The number of rotatable bonds is 9. The highest BCUT2D eigenvalue weighted by Gasteiger charge is 2.12. The van der Waals surface area contributed by atoms with Gasteiger partial charge in [0.05, 0.1) is 12.2 Å². The molecule has 0 amide bonds. The number of hydrogen-bond acceptors (Lipinski definition) is 4. The molecule has 3 aromatic rings. The van der Waals surface area contributed by atoms with Gasteiger partial charge in [0.2, 0.25) is 0 Å². The fraction of sp³-hybridized carbons (Fsp3) is 0.208. The first-order valence-corrected chi connectivity index (χ1v) is 10.5. The molecule has 0 radical (unpaired) electrons. The zero-order valence-corrected chi connectivity index (χ0v) is 18.5. The van der Waals surface area contributed by atoms with Gasteiger partial charge in [0, 0.05) is 16.7 Å². The van der Waals surface area contributed by atoms with Crippen LogP contribution in [0.2, 0.25) is 0 Å². The number of halogens is 1. The average Bonchev–Trinajstić information content (AvgIpc) is 2.74. The Hall–Kier alpha value is -2.99. The van der Waals surface area contributed by atoms with Gasteiger partial charge >= 0.3 is 5.97 Å². The zero-order chi connectivity index (χ0) is 21.5. The van der Waals surface area contributed by atoms with Crippen LogP contribution in [0.15, 0.2) is 65.1 Å². The van der Waals surface area contributed by atoms with E-state index in [9.17, 15) is 4.79 Å². The van der Waals surface area contributed by atoms with Gasteiger partial charge in [-0.2, -0.15) is 0 Å². The Bertz CT molecular complexity index is 1000. The fourth-order valence-electron chi connectivity index (χ4n) is 2.87. The van der Waals surface area contributed by atoms with Gasteiger partial charge in [-0.25, -0.2) is 4.79 Å². The summed E-state index contributed by atoms with van der Waals surface area (Å²) in [5, 5.41) is 12.3. The number of ether oxygens (including phenoxy) is 2. The third-order valence-corrected chi connectivity index (χ3v) is 5.28. The van der Waals surface area contributed by atoms with Crippen molar-refractivity contribution in [2.24, 2.45) is 0 Å². The van der Waals surface area contributed by atoms with E-state index in [1.807, 2.05) is 19.1 Å². The highest BCUT2D eigenvalue weighted by Crippen LogP contribution is 2.35. The normalized spacial score (nSPS) is 10.5. The molecular formula is C24H24BrNO4. The summed E-state index contributed by atoms with van der Waals surface area (Å²) < 4.78 is 12.7. The van der Waals surface area contributed by atoms with E-state index in [-0.39, 0.29) is 5.56 Å². The van der Waals surface area contributed by atoms with Crippen LogP contribution in [-0.2, 0) is 13.2 Å². The van der Waals surface area contributed by atoms with E-state index in [0.717, 1.165) is 21.3 Å². The smallest absolute Gasteiger partial charge is 0.335 e. The Morgan fingerprint density at radius 3 is 2.30 bits per heavy atom. The lowest BCUT2D eigenvalue weighted by atomic mass is 10.1. The van der Waals surface area contributed by atoms with Crippen LogP contribution in [0.1, 0.15) is 34.0 Å². The second-order valence-electron chi connectivity index (χ2n) is 6.83. The zero-order valence-electron chi connectivity index (χ0n) is 16.9. The summed E-state index contributed by atoms with van der Waals surface area (Å²) in [6.07, 6.45) is 0. The molecule has 0 saturated carbocycles. The van der Waals surface area contributed by atoms with Crippen molar-refractivity contribution in [3.8, 4) is 11.5 Å². The molecule has 0 fully saturated rings. The topological polar surface area (TPSA) is 67.8 Å². The lowest BCUT2D eigenvalue weighted by molar-refractivity contribution is 0.0697. The molecule has 6 heteroatoms. The number of nitrogens with one attached hydrogen (secondary N) is 1. The highest BCUT2D eigenvalue weighted by molar-refractivity contribution is 9.10. The molecule has 0 heterocycles. The first-order valence-electron chi connectivity index (χ1n) is 9.67. The van der Waals surface area contributed by atoms with Gasteiger partial charge in [-0.15, -0.1) is 0 Å². The van der Waals surface area contributed by atoms with Crippen LogP contribution in [0.3, 0.4) is 0 Å². The molecule has 0 atom stereocenters. The van der Waals surface area contributed by atoms with E-state index < -0.39 is 5.97 Å². The minimum Gasteiger partial charge on any atom is -0.490 e. The Morgan fingerprint density at radius 2 is 1.67 bits per heavy atom. The van der Waals surface area contributed by atoms with E-state index in [1.165, 1.54) is 5.56 Å². The maximum absolute atomic E-state index is 11.0. The van der Waals surface area contributed by atoms with E-state index in [4.69, 9.17) is 14.6 Å². The average molecular weight is 470 g/mol. The van der Waals surface area contributed by atoms with Crippen LogP contribution in [0.25, 0.3) is 0 Å². The van der Waals surface area contributed by atoms with Crippen molar-refractivity contribution in [1.82, 2.24) is 0 Å². The first-order chi connectivity index (χ1) is 14.5. The molecule has 0 aliphatic rings. The summed E-state index contributed by atoms with van der Waals surface area (Å²) in [5.41, 5.74) is 4.41. The minimum atomic E-state index is -0.938. The third kappa shape index (κ3) is 5.76. The number of hydrogen-bond donors (Lipinski definition) is 2. The van der Waals surface area contributed by atoms with Gasteiger partial charge in [-0.1, -0.05) is 45.8 Å². The first kappa shape index (κ1) is 21.7. The second kappa shape index (κ2) is 10.2. The highest BCUT2D eigenvalue weighted by atomic mass is 79.9. The molecule has 5 nitrogen and oxygen atoms in total. The standard InChI is InChI=1S/C24H24BrNO4/c1-3-29-22-12-19(14-26-20-10-8-18(9-11-20)24(27)28)21(25)13-23(22)30-15-17-6-4-16(2)5-7-17/h4-13,26H,3,14-15H2,1-2H3,(H,27,28). The maximum Gasteiger partial charge on any atom is 0.335 e. The lowest BCUT2D eigenvalue weighted by Gasteiger charge is -2.16. The molecule has 0 bridgehead atoms. The lowest BCUT2D eigenvalue weighted by Crippen LogP contribution is -2.04. The van der Waals surface area contributed by atoms with E-state index >= 15 is 0 Å². The van der Waals surface area contributed by atoms with Gasteiger partial charge < -0.3 is 19.9 Å². The summed E-state index contributed by atoms with van der Waals surface area (Å²) >= 11 is 3.62. The Balaban J connectivity index is 1.71. The van der Waals surface area contributed by atoms with Crippen LogP contribution in [0.4, 0.5) is 5.69 Å². The molecule has 3 rings (SSSR count). The van der Waals surface area contributed by atoms with Crippen molar-refractivity contribution < 1.29 is 19.4 Å². The molecular weight excluding hydrogens is 446 g/mol. The molecule has 0 saturated heterocycles. The number of anilines is 1. The van der Waals surface area contributed by atoms with E-state index in [1.54, 1.807) is 24.3 Å². The molecule has 0 aliphatic carbocycles. The molecule has 2 N–H and O–H groups in total. The van der Waals surface area contributed by atoms with Gasteiger partial charge in [0.15, 0.2) is 11.5 Å². The summed E-state index contributed by atoms with van der Waals surface area (Å²) in [6, 6.07) is 18.8. The van der Waals surface area contributed by atoms with Gasteiger partial charge in [0.1, 0.15) is 6.61 Å². The number of benzene rings is 3. The van der Waals surface area contributed by atoms with Crippen molar-refractivity contribution in [3.63, 3.8) is 0 Å². The molecule has 156 valence electrons. The summed E-state index contributed by atoms with van der Waals surface area (Å²) in [4.78, 5) is 11.0. The largest absolute Gasteiger partial charge is 0.490 e. The number of carboxylic acids is 1. The van der Waals surface area contributed by atoms with Gasteiger partial charge in [0.25, 0.3) is 0 Å². The molecule has 0 spiro atoms. The third-order valence-electron chi connectivity index (χ3n) is 4.54. The Labute approximate surface area is 184 Å². The van der Waals surface area contributed by atoms with Gasteiger partial charge in [-0.05, 0) is 61.4 Å². The predicted molar refractivity (Wildman–Crippen MR) is 122 cm³/mol. The van der Waals surface area contributed by atoms with Crippen LogP contribution < -0.4 is 14.8 Å². The number of carboxylic acid groups (broad SMARTS) is 1. The maximum atomic E-state index is 11.0. The van der Waals surface area contributed by atoms with E-state index in [0.29, 0.717) is 31.3 Å². The quantitative estimate of drug-likeness (QED) is 0.399. The van der Waals surface area contributed by atoms with Crippen LogP contribution in [0, 0.1) is 6.92 Å². The SMILES string of the molecule is CCOc1cc(CNc2ccc(C(=O)O)cc2)c(Br)cc1OCc1ccc(C)cc1. The van der Waals surface area contributed by atoms with E-state index in [2.05, 4.69) is 52.4 Å². The molecule has 30 heavy (non-hydrogen) atoms. The van der Waals surface area contributed by atoms with Crippen LogP contribution >= 0.6 is 15.9 Å². The molecule has 0 unspecified atom stereocenters. The number of aromatic carboxylic acids is 1. The van der Waals surface area contributed by atoms with Crippen molar-refractivity contribution in [1.29, 1.82) is 0 Å². The van der Waals surface area contributed by atoms with Crippen molar-refractivity contribution in [2.45, 2.75) is 27.0 Å². The van der Waals surface area contributed by atoms with Crippen LogP contribution in [-0.4, -0.2) is 17.7 Å². The second-order valence-corrected chi connectivity index (χ2v) is 7.69. The summed E-state index contributed by atoms with van der Waals surface area (Å²) in [6.45, 7) is 5.54. The Kier molecular flexibility index (Phi) is 7.36. The Morgan fingerprint density at radius 1 is 1.00 bits per heavy atom. The minimum absolute atomic E-state index is 0.260. The van der Waals surface area contributed by atoms with Crippen LogP contribution in [0.5, 0.6) is 11.5 Å². The molecule has 3 aromatic carbocycles. The monoisotopic (exact) mass is 469 g/mol. The predicted octanol–water partition coefficient (Wildman–Crippen LogP) is 6.05. The van der Waals surface area contributed by atoms with Crippen molar-refractivity contribution >= 4 is 27.6 Å². The fourth-order valence-corrected chi connectivity index (χ4v) is 3.33. The van der Waals surface area contributed by atoms with Gasteiger partial charge in [-0.3, -0.25) is 0 Å². The summed E-state index contributed by atoms with van der Waals surface area (Å²) in [5.74, 6) is 0.427. The molecule has 0 aromatic heterocycles. The summed E-state index contributed by atoms with van der Waals surface area (Å²) in [7, 11) is 0. The molecule has 0 aliphatic heterocycles.